The summed E-state index contributed by atoms with van der Waals surface area (Å²) in [6, 6.07) is 7.06. The van der Waals surface area contributed by atoms with Gasteiger partial charge in [0.15, 0.2) is 11.6 Å². The molecule has 6 heterocycles. The summed E-state index contributed by atoms with van der Waals surface area (Å²) in [6.07, 6.45) is 3.21. The molecule has 0 N–H and O–H groups in total. The number of phosphoric acid groups is 1. The van der Waals surface area contributed by atoms with Gasteiger partial charge in [0.2, 0.25) is 0 Å². The molecule has 2 unspecified atom stereocenters. The van der Waals surface area contributed by atoms with Gasteiger partial charge in [0.05, 0.1) is 26.4 Å². The standard InChI is InChI=1S/C27H39N2O8P/c1-20-4-6-23(7-5-20)37-38(32,35-18-26(16-33-2)24(30)21-8-12-28(26)13-9-21)36-19-27(17-34-3)25(31)22-10-14-29(27)15-11-22/h4-7,21-22H,8-19H2,1-3H3. The molecule has 0 aromatic heterocycles. The molecule has 0 radical (unpaired) electrons. The highest BCUT2D eigenvalue weighted by Crippen LogP contribution is 2.53. The minimum Gasteiger partial charge on any atom is -0.404 e. The van der Waals surface area contributed by atoms with Gasteiger partial charge < -0.3 is 14.0 Å². The van der Waals surface area contributed by atoms with Crippen LogP contribution in [0, 0.1) is 18.8 Å². The molecule has 2 atom stereocenters. The van der Waals surface area contributed by atoms with Crippen LogP contribution in [0.25, 0.3) is 0 Å². The number of ketones is 2. The predicted octanol–water partition coefficient (Wildman–Crippen LogP) is 2.87. The number of phosphoric ester groups is 1. The number of fused-ring (bicyclic) bond motifs is 6. The van der Waals surface area contributed by atoms with Gasteiger partial charge in [-0.3, -0.25) is 28.4 Å². The van der Waals surface area contributed by atoms with Crippen molar-refractivity contribution in [2.24, 2.45) is 11.8 Å². The van der Waals surface area contributed by atoms with E-state index in [0.29, 0.717) is 5.75 Å². The summed E-state index contributed by atoms with van der Waals surface area (Å²) in [7, 11) is -1.20. The Balaban J connectivity index is 1.41. The van der Waals surface area contributed by atoms with E-state index in [2.05, 4.69) is 9.80 Å². The molecule has 0 saturated carbocycles. The Hall–Kier alpha value is -1.65. The van der Waals surface area contributed by atoms with Gasteiger partial charge in [-0.25, -0.2) is 4.57 Å². The zero-order chi connectivity index (χ0) is 27.0. The van der Waals surface area contributed by atoms with Crippen molar-refractivity contribution < 1.29 is 37.2 Å². The normalized spacial score (nSPS) is 35.9. The lowest BCUT2D eigenvalue weighted by Gasteiger charge is -2.52. The van der Waals surface area contributed by atoms with E-state index in [1.54, 1.807) is 26.4 Å². The number of carbonyl (C=O) groups excluding carboxylic acids is 2. The Morgan fingerprint density at radius 1 is 0.763 bits per heavy atom. The summed E-state index contributed by atoms with van der Waals surface area (Å²) in [5.74, 6) is 0.269. The second-order valence-corrected chi connectivity index (χ2v) is 12.7. The average Bonchev–Trinajstić information content (AvgIpc) is 2.93. The van der Waals surface area contributed by atoms with Gasteiger partial charge in [0, 0.05) is 26.1 Å². The molecule has 0 amide bonds. The molecule has 1 aromatic rings. The molecule has 0 spiro atoms. The third-order valence-electron chi connectivity index (χ3n) is 8.79. The van der Waals surface area contributed by atoms with Gasteiger partial charge in [-0.05, 0) is 70.9 Å². The second kappa shape index (κ2) is 11.1. The van der Waals surface area contributed by atoms with Crippen molar-refractivity contribution in [2.45, 2.75) is 43.7 Å². The van der Waals surface area contributed by atoms with E-state index in [9.17, 15) is 14.2 Å². The fraction of sp³-hybridized carbons (Fsp3) is 0.704. The van der Waals surface area contributed by atoms with Crippen LogP contribution in [-0.4, -0.2) is 99.3 Å². The maximum Gasteiger partial charge on any atom is 0.530 e. The van der Waals surface area contributed by atoms with E-state index < -0.39 is 18.9 Å². The van der Waals surface area contributed by atoms with E-state index in [-0.39, 0.29) is 49.8 Å². The van der Waals surface area contributed by atoms with E-state index in [4.69, 9.17) is 23.0 Å². The Bertz CT molecular complexity index is 1010. The Labute approximate surface area is 224 Å². The topological polar surface area (TPSA) is 104 Å². The van der Waals surface area contributed by atoms with Crippen LogP contribution in [0.2, 0.25) is 0 Å². The highest BCUT2D eigenvalue weighted by molar-refractivity contribution is 7.48. The van der Waals surface area contributed by atoms with Crippen LogP contribution < -0.4 is 4.52 Å². The number of ether oxygens (including phenoxy) is 2. The van der Waals surface area contributed by atoms with Crippen LogP contribution in [0.1, 0.15) is 31.2 Å². The number of aryl methyl sites for hydroxylation is 1. The lowest BCUT2D eigenvalue weighted by Crippen LogP contribution is -2.69. The SMILES string of the molecule is COCC1(COP(=O)(OCC2(COC)C(=O)C3CCN2CC3)Oc2ccc(C)cc2)C(=O)C2CCN1CC2. The van der Waals surface area contributed by atoms with Crippen LogP contribution >= 0.6 is 7.82 Å². The number of hydrogen-bond donors (Lipinski definition) is 0. The second-order valence-electron chi connectivity index (χ2n) is 11.1. The smallest absolute Gasteiger partial charge is 0.404 e. The van der Waals surface area contributed by atoms with Crippen LogP contribution in [0.4, 0.5) is 0 Å². The summed E-state index contributed by atoms with van der Waals surface area (Å²) in [5.41, 5.74) is -1.10. The summed E-state index contributed by atoms with van der Waals surface area (Å²) in [6.45, 7) is 4.76. The largest absolute Gasteiger partial charge is 0.530 e. The van der Waals surface area contributed by atoms with Crippen LogP contribution in [0.3, 0.4) is 0 Å². The number of Topliss-reactive ketones (excluding diaryl/α,β-unsaturated/α-hetero) is 2. The van der Waals surface area contributed by atoms with Crippen LogP contribution in [0.15, 0.2) is 24.3 Å². The lowest BCUT2D eigenvalue weighted by atomic mass is 9.74. The van der Waals surface area contributed by atoms with Gasteiger partial charge in [-0.15, -0.1) is 0 Å². The number of benzene rings is 1. The summed E-state index contributed by atoms with van der Waals surface area (Å²) < 4.78 is 43.1. The van der Waals surface area contributed by atoms with Gasteiger partial charge >= 0.3 is 7.82 Å². The average molecular weight is 551 g/mol. The number of carbonyl (C=O) groups is 2. The zero-order valence-corrected chi connectivity index (χ0v) is 23.5. The van der Waals surface area contributed by atoms with Gasteiger partial charge in [0.25, 0.3) is 0 Å². The zero-order valence-electron chi connectivity index (χ0n) is 22.6. The molecular formula is C27H39N2O8P. The third-order valence-corrected chi connectivity index (χ3v) is 10.1. The minimum absolute atomic E-state index is 0.0421. The van der Waals surface area contributed by atoms with Gasteiger partial charge in [-0.1, -0.05) is 17.7 Å². The Kier molecular flexibility index (Phi) is 8.14. The highest BCUT2D eigenvalue weighted by Gasteiger charge is 2.57. The third kappa shape index (κ3) is 5.01. The Morgan fingerprint density at radius 3 is 1.55 bits per heavy atom. The molecule has 210 valence electrons. The lowest BCUT2D eigenvalue weighted by molar-refractivity contribution is -0.159. The van der Waals surface area contributed by atoms with Gasteiger partial charge in [-0.2, -0.15) is 0 Å². The molecule has 6 aliphatic rings. The quantitative estimate of drug-likeness (QED) is 0.361. The maximum absolute atomic E-state index is 14.3. The van der Waals surface area contributed by atoms with E-state index in [1.807, 2.05) is 19.1 Å². The number of nitrogens with zero attached hydrogens (tertiary/aromatic N) is 2. The first-order valence-corrected chi connectivity index (χ1v) is 14.9. The Morgan fingerprint density at radius 2 is 1.18 bits per heavy atom. The fourth-order valence-corrected chi connectivity index (χ4v) is 7.91. The number of piperidine rings is 6. The van der Waals surface area contributed by atoms with Crippen molar-refractivity contribution in [3.63, 3.8) is 0 Å². The van der Waals surface area contributed by atoms with Crippen molar-refractivity contribution in [2.75, 3.05) is 66.8 Å². The molecule has 38 heavy (non-hydrogen) atoms. The van der Waals surface area contributed by atoms with Crippen molar-refractivity contribution in [3.05, 3.63) is 29.8 Å². The first-order chi connectivity index (χ1) is 18.2. The molecular weight excluding hydrogens is 511 g/mol. The monoisotopic (exact) mass is 550 g/mol. The minimum atomic E-state index is -4.29. The van der Waals surface area contributed by atoms with Crippen LogP contribution in [-0.2, 0) is 32.7 Å². The van der Waals surface area contributed by atoms with E-state index >= 15 is 0 Å². The molecule has 7 rings (SSSR count). The molecule has 6 saturated heterocycles. The highest BCUT2D eigenvalue weighted by atomic mass is 31.2. The summed E-state index contributed by atoms with van der Waals surface area (Å²) in [5, 5.41) is 0. The molecule has 1 aromatic carbocycles. The predicted molar refractivity (Wildman–Crippen MR) is 139 cm³/mol. The molecule has 4 bridgehead atoms. The molecule has 11 heteroatoms. The molecule has 10 nitrogen and oxygen atoms in total. The van der Waals surface area contributed by atoms with Crippen molar-refractivity contribution >= 4 is 19.4 Å². The summed E-state index contributed by atoms with van der Waals surface area (Å²) >= 11 is 0. The molecule has 6 aliphatic heterocycles. The summed E-state index contributed by atoms with van der Waals surface area (Å²) in [4.78, 5) is 31.0. The number of hydrogen-bond acceptors (Lipinski definition) is 10. The number of methoxy groups -OCH3 is 2. The maximum atomic E-state index is 14.3. The van der Waals surface area contributed by atoms with Crippen molar-refractivity contribution in [1.29, 1.82) is 0 Å². The van der Waals surface area contributed by atoms with E-state index in [0.717, 1.165) is 57.4 Å². The van der Waals surface area contributed by atoms with Crippen LogP contribution in [0.5, 0.6) is 5.75 Å². The van der Waals surface area contributed by atoms with E-state index in [1.165, 1.54) is 0 Å². The number of rotatable bonds is 12. The molecule has 6 fully saturated rings. The first kappa shape index (κ1) is 27.9. The first-order valence-electron chi connectivity index (χ1n) is 13.5. The van der Waals surface area contributed by atoms with Crippen molar-refractivity contribution in [3.8, 4) is 5.75 Å². The van der Waals surface area contributed by atoms with Gasteiger partial charge in [0.1, 0.15) is 16.8 Å². The van der Waals surface area contributed by atoms with Crippen molar-refractivity contribution in [1.82, 2.24) is 9.80 Å². The fourth-order valence-electron chi connectivity index (χ4n) is 6.61. The molecule has 0 aliphatic carbocycles.